The van der Waals surface area contributed by atoms with Crippen molar-refractivity contribution in [2.24, 2.45) is 0 Å². The lowest BCUT2D eigenvalue weighted by Gasteiger charge is -2.15. The molecule has 126 valence electrons. The number of carbonyl (C=O) groups is 2. The smallest absolute Gasteiger partial charge is 0.253 e. The number of hydrogen-bond acceptors (Lipinski definition) is 3. The zero-order valence-electron chi connectivity index (χ0n) is 14.0. The van der Waals surface area contributed by atoms with Gasteiger partial charge in [-0.05, 0) is 43.9 Å². The third-order valence-electron chi connectivity index (χ3n) is 4.01. The first-order chi connectivity index (χ1) is 11.1. The molecule has 23 heavy (non-hydrogen) atoms. The molecule has 1 fully saturated rings. The lowest BCUT2D eigenvalue weighted by molar-refractivity contribution is -0.120. The monoisotopic (exact) mass is 334 g/mol. The predicted octanol–water partition coefficient (Wildman–Crippen LogP) is 3.07. The number of thioether (sulfide) groups is 1. The third-order valence-corrected chi connectivity index (χ3v) is 5.23. The van der Waals surface area contributed by atoms with Crippen LogP contribution in [0.5, 0.6) is 0 Å². The molecule has 1 aliphatic heterocycles. The van der Waals surface area contributed by atoms with Gasteiger partial charge in [0, 0.05) is 31.0 Å². The Labute approximate surface area is 143 Å². The van der Waals surface area contributed by atoms with Gasteiger partial charge in [0.25, 0.3) is 5.91 Å². The van der Waals surface area contributed by atoms with Crippen LogP contribution in [0.3, 0.4) is 0 Å². The molecule has 0 spiro atoms. The molecule has 1 aliphatic rings. The Hall–Kier alpha value is -1.49. The van der Waals surface area contributed by atoms with E-state index in [4.69, 9.17) is 0 Å². The minimum absolute atomic E-state index is 0.0625. The number of likely N-dealkylation sites (tertiary alicyclic amines) is 1. The Bertz CT molecular complexity index is 524. The molecule has 1 saturated heterocycles. The van der Waals surface area contributed by atoms with Gasteiger partial charge in [-0.25, -0.2) is 0 Å². The Morgan fingerprint density at radius 1 is 1.22 bits per heavy atom. The van der Waals surface area contributed by atoms with Crippen LogP contribution in [-0.2, 0) is 10.5 Å². The average Bonchev–Trinajstić information content (AvgIpc) is 3.11. The highest BCUT2D eigenvalue weighted by Gasteiger charge is 2.19. The maximum absolute atomic E-state index is 12.3. The summed E-state index contributed by atoms with van der Waals surface area (Å²) in [6.07, 6.45) is 3.17. The number of nitrogens with zero attached hydrogens (tertiary/aromatic N) is 1. The number of rotatable bonds is 7. The van der Waals surface area contributed by atoms with Crippen LogP contribution in [0.25, 0.3) is 0 Å². The molecule has 2 rings (SSSR count). The summed E-state index contributed by atoms with van der Waals surface area (Å²) < 4.78 is 0. The van der Waals surface area contributed by atoms with Gasteiger partial charge in [-0.1, -0.05) is 19.1 Å². The van der Waals surface area contributed by atoms with Crippen molar-refractivity contribution in [2.45, 2.75) is 44.1 Å². The van der Waals surface area contributed by atoms with Gasteiger partial charge in [0.1, 0.15) is 0 Å². The molecule has 1 aromatic carbocycles. The second kappa shape index (κ2) is 8.96. The molecule has 1 aromatic rings. The van der Waals surface area contributed by atoms with Crippen molar-refractivity contribution in [1.82, 2.24) is 10.2 Å². The minimum atomic E-state index is -0.0625. The van der Waals surface area contributed by atoms with Crippen molar-refractivity contribution in [3.63, 3.8) is 0 Å². The largest absolute Gasteiger partial charge is 0.355 e. The van der Waals surface area contributed by atoms with Gasteiger partial charge in [-0.15, -0.1) is 11.8 Å². The van der Waals surface area contributed by atoms with Crippen molar-refractivity contribution in [2.75, 3.05) is 19.6 Å². The molecule has 0 radical (unpaired) electrons. The minimum Gasteiger partial charge on any atom is -0.355 e. The normalized spacial score (nSPS) is 15.5. The SMILES string of the molecule is CCCNC(=O)[C@@H](C)SCc1ccc(C(=O)N2CCCC2)cc1. The molecular formula is C18H26N2O2S. The van der Waals surface area contributed by atoms with E-state index in [1.54, 1.807) is 11.8 Å². The predicted molar refractivity (Wildman–Crippen MR) is 95.6 cm³/mol. The molecule has 2 amide bonds. The van der Waals surface area contributed by atoms with Crippen LogP contribution in [-0.4, -0.2) is 41.6 Å². The Morgan fingerprint density at radius 2 is 1.87 bits per heavy atom. The summed E-state index contributed by atoms with van der Waals surface area (Å²) in [7, 11) is 0. The van der Waals surface area contributed by atoms with Crippen LogP contribution in [0.1, 0.15) is 49.0 Å². The van der Waals surface area contributed by atoms with Crippen LogP contribution in [0.4, 0.5) is 0 Å². The topological polar surface area (TPSA) is 49.4 Å². The average molecular weight is 334 g/mol. The van der Waals surface area contributed by atoms with E-state index in [1.807, 2.05) is 43.0 Å². The molecule has 1 atom stereocenters. The van der Waals surface area contributed by atoms with Crippen LogP contribution in [0, 0.1) is 0 Å². The quantitative estimate of drug-likeness (QED) is 0.834. The maximum Gasteiger partial charge on any atom is 0.253 e. The summed E-state index contributed by atoms with van der Waals surface area (Å²) in [6.45, 7) is 6.46. The molecule has 4 nitrogen and oxygen atoms in total. The fraction of sp³-hybridized carbons (Fsp3) is 0.556. The van der Waals surface area contributed by atoms with E-state index in [0.29, 0.717) is 0 Å². The molecule has 0 unspecified atom stereocenters. The van der Waals surface area contributed by atoms with E-state index in [-0.39, 0.29) is 17.1 Å². The van der Waals surface area contributed by atoms with Crippen molar-refractivity contribution < 1.29 is 9.59 Å². The van der Waals surface area contributed by atoms with Crippen LogP contribution < -0.4 is 5.32 Å². The molecule has 0 aliphatic carbocycles. The fourth-order valence-corrected chi connectivity index (χ4v) is 3.40. The second-order valence-corrected chi connectivity index (χ2v) is 7.27. The van der Waals surface area contributed by atoms with Gasteiger partial charge in [-0.3, -0.25) is 9.59 Å². The summed E-state index contributed by atoms with van der Waals surface area (Å²) >= 11 is 1.62. The van der Waals surface area contributed by atoms with E-state index in [9.17, 15) is 9.59 Å². The van der Waals surface area contributed by atoms with Crippen LogP contribution in [0.15, 0.2) is 24.3 Å². The Kier molecular flexibility index (Phi) is 6.96. The van der Waals surface area contributed by atoms with E-state index >= 15 is 0 Å². The Morgan fingerprint density at radius 3 is 2.48 bits per heavy atom. The molecule has 0 saturated carbocycles. The first-order valence-electron chi connectivity index (χ1n) is 8.39. The lowest BCUT2D eigenvalue weighted by atomic mass is 10.1. The highest BCUT2D eigenvalue weighted by molar-refractivity contribution is 7.99. The zero-order valence-corrected chi connectivity index (χ0v) is 14.8. The Balaban J connectivity index is 1.82. The van der Waals surface area contributed by atoms with E-state index in [1.165, 1.54) is 0 Å². The van der Waals surface area contributed by atoms with Crippen molar-refractivity contribution >= 4 is 23.6 Å². The van der Waals surface area contributed by atoms with E-state index < -0.39 is 0 Å². The number of nitrogens with one attached hydrogen (secondary N) is 1. The molecule has 0 bridgehead atoms. The maximum atomic E-state index is 12.3. The summed E-state index contributed by atoms with van der Waals surface area (Å²) in [4.78, 5) is 26.0. The second-order valence-electron chi connectivity index (χ2n) is 5.94. The van der Waals surface area contributed by atoms with Gasteiger partial charge in [0.15, 0.2) is 0 Å². The van der Waals surface area contributed by atoms with Crippen molar-refractivity contribution in [3.05, 3.63) is 35.4 Å². The molecule has 1 heterocycles. The molecule has 5 heteroatoms. The fourth-order valence-electron chi connectivity index (χ4n) is 2.54. The molecule has 1 N–H and O–H groups in total. The lowest BCUT2D eigenvalue weighted by Crippen LogP contribution is -2.31. The van der Waals surface area contributed by atoms with Gasteiger partial charge >= 0.3 is 0 Å². The van der Waals surface area contributed by atoms with Gasteiger partial charge in [0.2, 0.25) is 5.91 Å². The highest BCUT2D eigenvalue weighted by atomic mass is 32.2. The van der Waals surface area contributed by atoms with Gasteiger partial charge in [-0.2, -0.15) is 0 Å². The van der Waals surface area contributed by atoms with Crippen molar-refractivity contribution in [3.8, 4) is 0 Å². The zero-order chi connectivity index (χ0) is 16.7. The number of amides is 2. The summed E-state index contributed by atoms with van der Waals surface area (Å²) in [5.41, 5.74) is 1.90. The summed E-state index contributed by atoms with van der Waals surface area (Å²) in [5.74, 6) is 1.01. The molecular weight excluding hydrogens is 308 g/mol. The number of benzene rings is 1. The van der Waals surface area contributed by atoms with E-state index in [2.05, 4.69) is 5.32 Å². The summed E-state index contributed by atoms with van der Waals surface area (Å²) in [5, 5.41) is 2.85. The first-order valence-corrected chi connectivity index (χ1v) is 9.44. The van der Waals surface area contributed by atoms with E-state index in [0.717, 1.165) is 55.8 Å². The van der Waals surface area contributed by atoms with Crippen molar-refractivity contribution in [1.29, 1.82) is 0 Å². The van der Waals surface area contributed by atoms with Crippen LogP contribution >= 0.6 is 11.8 Å². The molecule has 0 aromatic heterocycles. The number of carbonyl (C=O) groups excluding carboxylic acids is 2. The number of hydrogen-bond donors (Lipinski definition) is 1. The standard InChI is InChI=1S/C18H26N2O2S/c1-3-10-19-17(21)14(2)23-13-15-6-8-16(9-7-15)18(22)20-11-4-5-12-20/h6-9,14H,3-5,10-13H2,1-2H3,(H,19,21)/t14-/m1/s1. The van der Waals surface area contributed by atoms with Gasteiger partial charge < -0.3 is 10.2 Å². The first kappa shape index (κ1) is 17.9. The van der Waals surface area contributed by atoms with Crippen LogP contribution in [0.2, 0.25) is 0 Å². The highest BCUT2D eigenvalue weighted by Crippen LogP contribution is 2.19. The van der Waals surface area contributed by atoms with Gasteiger partial charge in [0.05, 0.1) is 5.25 Å². The third kappa shape index (κ3) is 5.27. The summed E-state index contributed by atoms with van der Waals surface area (Å²) in [6, 6.07) is 7.79.